The van der Waals surface area contributed by atoms with Gasteiger partial charge in [0.1, 0.15) is 4.83 Å². The lowest BCUT2D eigenvalue weighted by Crippen LogP contribution is -2.25. The first-order chi connectivity index (χ1) is 12.4. The molecule has 0 aliphatic rings. The van der Waals surface area contributed by atoms with Gasteiger partial charge in [-0.1, -0.05) is 37.7 Å². The molecule has 0 saturated heterocycles. The molecule has 26 heavy (non-hydrogen) atoms. The predicted molar refractivity (Wildman–Crippen MR) is 106 cm³/mol. The molecule has 0 amide bonds. The summed E-state index contributed by atoms with van der Waals surface area (Å²) in [6, 6.07) is 0. The highest BCUT2D eigenvalue weighted by atomic mass is 32.2. The van der Waals surface area contributed by atoms with Crippen LogP contribution in [0.15, 0.2) is 14.5 Å². The molecule has 8 heteroatoms. The van der Waals surface area contributed by atoms with Crippen molar-refractivity contribution in [2.24, 2.45) is 5.92 Å². The van der Waals surface area contributed by atoms with E-state index in [2.05, 4.69) is 30.9 Å². The first-order valence-electron chi connectivity index (χ1n) is 8.85. The largest absolute Gasteiger partial charge is 0.338 e. The molecule has 0 aliphatic carbocycles. The van der Waals surface area contributed by atoms with E-state index in [9.17, 15) is 4.79 Å². The van der Waals surface area contributed by atoms with Gasteiger partial charge in [-0.3, -0.25) is 9.36 Å². The van der Waals surface area contributed by atoms with Crippen LogP contribution in [-0.4, -0.2) is 19.7 Å². The lowest BCUT2D eigenvalue weighted by Gasteiger charge is -2.13. The van der Waals surface area contributed by atoms with E-state index in [1.807, 2.05) is 13.8 Å². The van der Waals surface area contributed by atoms with Crippen LogP contribution in [-0.2, 0) is 18.7 Å². The first-order valence-corrected chi connectivity index (χ1v) is 10.7. The smallest absolute Gasteiger partial charge is 0.263 e. The highest BCUT2D eigenvalue weighted by Gasteiger charge is 2.18. The Morgan fingerprint density at radius 2 is 2.04 bits per heavy atom. The molecule has 0 aliphatic heterocycles. The van der Waals surface area contributed by atoms with Gasteiger partial charge < -0.3 is 4.52 Å². The van der Waals surface area contributed by atoms with Crippen LogP contribution in [0, 0.1) is 19.8 Å². The lowest BCUT2D eigenvalue weighted by atomic mass is 10.2. The summed E-state index contributed by atoms with van der Waals surface area (Å²) in [5.41, 5.74) is 1.09. The van der Waals surface area contributed by atoms with Gasteiger partial charge in [0.05, 0.1) is 11.1 Å². The van der Waals surface area contributed by atoms with Gasteiger partial charge in [0.2, 0.25) is 5.89 Å². The van der Waals surface area contributed by atoms with Crippen LogP contribution >= 0.6 is 23.1 Å². The summed E-state index contributed by atoms with van der Waals surface area (Å²) in [6.07, 6.45) is 1.79. The van der Waals surface area contributed by atoms with Crippen molar-refractivity contribution in [3.05, 3.63) is 32.5 Å². The summed E-state index contributed by atoms with van der Waals surface area (Å²) >= 11 is 3.06. The molecule has 0 aromatic carbocycles. The Kier molecular flexibility index (Phi) is 5.82. The van der Waals surface area contributed by atoms with Gasteiger partial charge in [0.15, 0.2) is 11.0 Å². The van der Waals surface area contributed by atoms with Gasteiger partial charge in [-0.15, -0.1) is 11.3 Å². The highest BCUT2D eigenvalue weighted by Crippen LogP contribution is 2.29. The van der Waals surface area contributed by atoms with Crippen molar-refractivity contribution in [1.29, 1.82) is 0 Å². The molecule has 0 saturated carbocycles. The zero-order chi connectivity index (χ0) is 18.8. The van der Waals surface area contributed by atoms with Crippen LogP contribution in [0.1, 0.15) is 49.3 Å². The van der Waals surface area contributed by atoms with Crippen LogP contribution in [0.25, 0.3) is 10.2 Å². The Hall–Kier alpha value is -1.67. The van der Waals surface area contributed by atoms with Gasteiger partial charge in [-0.2, -0.15) is 4.98 Å². The van der Waals surface area contributed by atoms with E-state index >= 15 is 0 Å². The number of hydrogen-bond acceptors (Lipinski definition) is 7. The quantitative estimate of drug-likeness (QED) is 0.439. The van der Waals surface area contributed by atoms with Crippen molar-refractivity contribution in [3.8, 4) is 0 Å². The third kappa shape index (κ3) is 3.86. The molecule has 0 bridgehead atoms. The fourth-order valence-corrected chi connectivity index (χ4v) is 4.66. The minimum atomic E-state index is 0.0465. The molecule has 0 fully saturated rings. The number of fused-ring (bicyclic) bond motifs is 1. The zero-order valence-electron chi connectivity index (χ0n) is 15.8. The third-order valence-corrected chi connectivity index (χ3v) is 6.17. The summed E-state index contributed by atoms with van der Waals surface area (Å²) in [5.74, 6) is 2.17. The normalized spacial score (nSPS) is 11.8. The Labute approximate surface area is 161 Å². The maximum Gasteiger partial charge on any atom is 0.263 e. The molecule has 0 radical (unpaired) electrons. The Bertz CT molecular complexity index is 972. The average molecular weight is 393 g/mol. The van der Waals surface area contributed by atoms with Gasteiger partial charge in [-0.05, 0) is 31.7 Å². The molecule has 0 spiro atoms. The summed E-state index contributed by atoms with van der Waals surface area (Å²) in [7, 11) is 0. The zero-order valence-corrected chi connectivity index (χ0v) is 17.5. The number of rotatable bonds is 7. The van der Waals surface area contributed by atoms with E-state index in [0.717, 1.165) is 39.3 Å². The molecule has 6 nitrogen and oxygen atoms in total. The highest BCUT2D eigenvalue weighted by molar-refractivity contribution is 7.98. The van der Waals surface area contributed by atoms with Gasteiger partial charge in [0.25, 0.3) is 5.56 Å². The molecular weight excluding hydrogens is 368 g/mol. The minimum absolute atomic E-state index is 0.0465. The van der Waals surface area contributed by atoms with E-state index in [1.54, 1.807) is 15.9 Å². The van der Waals surface area contributed by atoms with E-state index in [-0.39, 0.29) is 5.56 Å². The minimum Gasteiger partial charge on any atom is -0.338 e. The van der Waals surface area contributed by atoms with Gasteiger partial charge in [-0.25, -0.2) is 4.98 Å². The van der Waals surface area contributed by atoms with Crippen LogP contribution in [0.3, 0.4) is 0 Å². The predicted octanol–water partition coefficient (Wildman–Crippen LogP) is 4.36. The van der Waals surface area contributed by atoms with E-state index < -0.39 is 0 Å². The number of thiophene rings is 1. The van der Waals surface area contributed by atoms with Crippen LogP contribution in [0.5, 0.6) is 0 Å². The molecule has 3 aromatic heterocycles. The van der Waals surface area contributed by atoms with Crippen molar-refractivity contribution in [2.45, 2.75) is 64.9 Å². The maximum absolute atomic E-state index is 13.1. The van der Waals surface area contributed by atoms with Crippen molar-refractivity contribution in [1.82, 2.24) is 19.7 Å². The summed E-state index contributed by atoms with van der Waals surface area (Å²) in [4.78, 5) is 24.2. The van der Waals surface area contributed by atoms with Gasteiger partial charge >= 0.3 is 0 Å². The van der Waals surface area contributed by atoms with E-state index in [0.29, 0.717) is 29.3 Å². The Balaban J connectivity index is 1.96. The molecule has 140 valence electrons. The number of aromatic nitrogens is 4. The average Bonchev–Trinajstić information content (AvgIpc) is 3.13. The summed E-state index contributed by atoms with van der Waals surface area (Å²) in [5, 5.41) is 5.45. The molecule has 3 aromatic rings. The van der Waals surface area contributed by atoms with Crippen LogP contribution in [0.2, 0.25) is 0 Å². The number of hydrogen-bond donors (Lipinski definition) is 0. The van der Waals surface area contributed by atoms with Crippen LogP contribution < -0.4 is 5.56 Å². The molecule has 0 unspecified atom stereocenters. The third-order valence-electron chi connectivity index (χ3n) is 4.11. The van der Waals surface area contributed by atoms with E-state index in [1.165, 1.54) is 11.8 Å². The van der Waals surface area contributed by atoms with Gasteiger partial charge in [0, 0.05) is 17.8 Å². The second kappa shape index (κ2) is 7.92. The fraction of sp³-hybridized carbons (Fsp3) is 0.556. The van der Waals surface area contributed by atoms with E-state index in [4.69, 9.17) is 9.51 Å². The Morgan fingerprint density at radius 1 is 1.27 bits per heavy atom. The van der Waals surface area contributed by atoms with Crippen molar-refractivity contribution < 1.29 is 4.52 Å². The number of thioether (sulfide) groups is 1. The molecule has 0 atom stereocenters. The standard InChI is InChI=1S/C18H24N4O2S2/c1-6-7-13-19-14(24-21-13)9-25-18-20-16-15(11(4)12(5)26-16)17(23)22(18)8-10(2)3/h10H,6-9H2,1-5H3. The Morgan fingerprint density at radius 3 is 2.73 bits per heavy atom. The summed E-state index contributed by atoms with van der Waals surface area (Å²) in [6.45, 7) is 11.0. The monoisotopic (exact) mass is 392 g/mol. The topological polar surface area (TPSA) is 73.8 Å². The molecule has 3 rings (SSSR count). The SMILES string of the molecule is CCCc1noc(CSc2nc3sc(C)c(C)c3c(=O)n2CC(C)C)n1. The second-order valence-electron chi connectivity index (χ2n) is 6.81. The second-order valence-corrected chi connectivity index (χ2v) is 8.96. The maximum atomic E-state index is 13.1. The van der Waals surface area contributed by atoms with Crippen molar-refractivity contribution >= 4 is 33.3 Å². The molecule has 0 N–H and O–H groups in total. The van der Waals surface area contributed by atoms with Crippen molar-refractivity contribution in [3.63, 3.8) is 0 Å². The molecule has 3 heterocycles. The van der Waals surface area contributed by atoms with Crippen molar-refractivity contribution in [2.75, 3.05) is 0 Å². The number of aryl methyl sites for hydroxylation is 3. The number of nitrogens with zero attached hydrogens (tertiary/aromatic N) is 4. The fourth-order valence-electron chi connectivity index (χ4n) is 2.75. The molecular formula is C18H24N4O2S2. The summed E-state index contributed by atoms with van der Waals surface area (Å²) < 4.78 is 7.10. The van der Waals surface area contributed by atoms with Crippen LogP contribution in [0.4, 0.5) is 0 Å². The lowest BCUT2D eigenvalue weighted by molar-refractivity contribution is 0.384. The first kappa shape index (κ1) is 19.1.